The molecule has 0 spiro atoms. The molecule has 0 unspecified atom stereocenters. The summed E-state index contributed by atoms with van der Waals surface area (Å²) >= 11 is 0. The van der Waals surface area contributed by atoms with Gasteiger partial charge in [-0.2, -0.15) is 0 Å². The third kappa shape index (κ3) is 7.44. The van der Waals surface area contributed by atoms with Gasteiger partial charge in [-0.25, -0.2) is 0 Å². The van der Waals surface area contributed by atoms with Gasteiger partial charge in [0, 0.05) is 17.0 Å². The average molecular weight is 404 g/mol. The molecule has 3 aromatic rings. The van der Waals surface area contributed by atoms with E-state index in [1.165, 1.54) is 57.3 Å². The first kappa shape index (κ1) is 25.6. The number of hydrogen-bond donors (Lipinski definition) is 0. The van der Waals surface area contributed by atoms with Gasteiger partial charge in [-0.05, 0) is 94.8 Å². The Kier molecular flexibility index (Phi) is 10.5. The molecule has 0 aliphatic heterocycles. The highest BCUT2D eigenvalue weighted by atomic mass is 14.7. The zero-order valence-electron chi connectivity index (χ0n) is 20.9. The van der Waals surface area contributed by atoms with Crippen LogP contribution in [-0.4, -0.2) is 4.98 Å². The molecule has 1 nitrogen and oxygen atoms in total. The predicted octanol–water partition coefficient (Wildman–Crippen LogP) is 8.71. The quantitative estimate of drug-likeness (QED) is 0.417. The van der Waals surface area contributed by atoms with Crippen LogP contribution in [0.2, 0.25) is 0 Å². The van der Waals surface area contributed by atoms with Gasteiger partial charge >= 0.3 is 0 Å². The first-order valence-electron chi connectivity index (χ1n) is 11.2. The summed E-state index contributed by atoms with van der Waals surface area (Å²) in [7, 11) is 0. The number of aromatic nitrogens is 1. The van der Waals surface area contributed by atoms with Crippen LogP contribution in [0.3, 0.4) is 0 Å². The molecule has 0 bridgehead atoms. The van der Waals surface area contributed by atoms with E-state index in [2.05, 4.69) is 110 Å². The molecule has 3 rings (SSSR count). The summed E-state index contributed by atoms with van der Waals surface area (Å²) < 4.78 is 0. The van der Waals surface area contributed by atoms with Crippen LogP contribution in [0.4, 0.5) is 0 Å². The van der Waals surface area contributed by atoms with E-state index in [1.807, 2.05) is 6.92 Å². The van der Waals surface area contributed by atoms with E-state index in [1.54, 1.807) is 0 Å². The second kappa shape index (κ2) is 12.3. The van der Waals surface area contributed by atoms with E-state index in [0.29, 0.717) is 0 Å². The van der Waals surface area contributed by atoms with Crippen molar-refractivity contribution in [2.45, 2.75) is 82.1 Å². The number of rotatable bonds is 2. The fourth-order valence-electron chi connectivity index (χ4n) is 3.54. The number of hydrogen-bond acceptors (Lipinski definition) is 1. The minimum atomic E-state index is 1.09. The zero-order valence-corrected chi connectivity index (χ0v) is 20.9. The third-order valence-corrected chi connectivity index (χ3v) is 5.51. The monoisotopic (exact) mass is 403 g/mol. The Morgan fingerprint density at radius 2 is 1.17 bits per heavy atom. The van der Waals surface area contributed by atoms with Gasteiger partial charge in [0.1, 0.15) is 0 Å². The van der Waals surface area contributed by atoms with E-state index < -0.39 is 0 Å². The molecule has 0 saturated carbocycles. The normalized spacial score (nSPS) is 9.93. The summed E-state index contributed by atoms with van der Waals surface area (Å²) in [6.07, 6.45) is 2.64. The lowest BCUT2D eigenvalue weighted by atomic mass is 9.95. The lowest BCUT2D eigenvalue weighted by molar-refractivity contribution is 0.886. The topological polar surface area (TPSA) is 12.9 Å². The molecule has 0 amide bonds. The van der Waals surface area contributed by atoms with Crippen molar-refractivity contribution in [3.8, 4) is 11.1 Å². The maximum absolute atomic E-state index is 4.55. The number of unbranched alkanes of at least 4 members (excludes halogenated alkanes) is 1. The smallest absolute Gasteiger partial charge is 0.0456 e. The van der Waals surface area contributed by atoms with Crippen LogP contribution in [-0.2, 0) is 0 Å². The van der Waals surface area contributed by atoms with Crippen molar-refractivity contribution in [1.82, 2.24) is 4.98 Å². The molecule has 0 N–H and O–H groups in total. The van der Waals surface area contributed by atoms with Crippen molar-refractivity contribution >= 4 is 0 Å². The first-order chi connectivity index (χ1) is 14.1. The standard InChI is InChI=1S/C15H17N.C10H14.C4H10/c1-10-7-5-6-8-14(10)15-11(2)9-12(3)16-13(15)4;1-7-5-8(2)10(4)9(3)6-7;1-3-4-2/h5-9H,1-4H3;5-6H,1-4H3;3-4H2,1-2H3. The maximum Gasteiger partial charge on any atom is 0.0456 e. The fraction of sp³-hybridized carbons (Fsp3) is 0.414. The molecule has 162 valence electrons. The van der Waals surface area contributed by atoms with Gasteiger partial charge in [0.15, 0.2) is 0 Å². The SMILES string of the molecule is CCCC.Cc1cc(C)c(-c2ccccc2C)c(C)n1.Cc1cc(C)c(C)c(C)c1. The second-order valence-corrected chi connectivity index (χ2v) is 8.38. The van der Waals surface area contributed by atoms with Crippen LogP contribution in [0, 0.1) is 55.4 Å². The summed E-state index contributed by atoms with van der Waals surface area (Å²) in [5.41, 5.74) is 13.0. The highest BCUT2D eigenvalue weighted by Crippen LogP contribution is 2.29. The van der Waals surface area contributed by atoms with Gasteiger partial charge in [-0.1, -0.05) is 68.7 Å². The Bertz CT molecular complexity index is 902. The van der Waals surface area contributed by atoms with Crippen LogP contribution in [0.5, 0.6) is 0 Å². The van der Waals surface area contributed by atoms with Crippen LogP contribution < -0.4 is 0 Å². The van der Waals surface area contributed by atoms with Crippen LogP contribution in [0.1, 0.15) is 71.5 Å². The van der Waals surface area contributed by atoms with Gasteiger partial charge in [-0.15, -0.1) is 0 Å². The molecule has 0 atom stereocenters. The van der Waals surface area contributed by atoms with E-state index in [0.717, 1.165) is 11.4 Å². The van der Waals surface area contributed by atoms with Gasteiger partial charge < -0.3 is 0 Å². The lowest BCUT2D eigenvalue weighted by Gasteiger charge is -2.12. The largest absolute Gasteiger partial charge is 0.258 e. The van der Waals surface area contributed by atoms with Crippen molar-refractivity contribution in [1.29, 1.82) is 0 Å². The molecule has 0 fully saturated rings. The molecule has 2 aromatic carbocycles. The van der Waals surface area contributed by atoms with E-state index in [4.69, 9.17) is 0 Å². The Labute approximate surface area is 185 Å². The van der Waals surface area contributed by atoms with Crippen molar-refractivity contribution in [3.63, 3.8) is 0 Å². The minimum absolute atomic E-state index is 1.09. The van der Waals surface area contributed by atoms with Crippen molar-refractivity contribution in [2.24, 2.45) is 0 Å². The summed E-state index contributed by atoms with van der Waals surface area (Å²) in [6.45, 7) is 21.4. The second-order valence-electron chi connectivity index (χ2n) is 8.38. The first-order valence-corrected chi connectivity index (χ1v) is 11.2. The Balaban J connectivity index is 0.000000274. The molecule has 0 aliphatic rings. The van der Waals surface area contributed by atoms with E-state index in [-0.39, 0.29) is 0 Å². The molecule has 0 aliphatic carbocycles. The maximum atomic E-state index is 4.55. The molecule has 30 heavy (non-hydrogen) atoms. The number of benzene rings is 2. The van der Waals surface area contributed by atoms with Crippen LogP contribution in [0.25, 0.3) is 11.1 Å². The number of pyridine rings is 1. The lowest BCUT2D eigenvalue weighted by Crippen LogP contribution is -1.95. The number of aryl methyl sites for hydroxylation is 7. The molecule has 1 heteroatoms. The van der Waals surface area contributed by atoms with Crippen LogP contribution >= 0.6 is 0 Å². The molecule has 0 saturated heterocycles. The molecular weight excluding hydrogens is 362 g/mol. The highest BCUT2D eigenvalue weighted by molar-refractivity contribution is 5.72. The minimum Gasteiger partial charge on any atom is -0.258 e. The summed E-state index contributed by atoms with van der Waals surface area (Å²) in [5.74, 6) is 0. The average Bonchev–Trinajstić information content (AvgIpc) is 2.67. The van der Waals surface area contributed by atoms with Crippen molar-refractivity contribution in [2.75, 3.05) is 0 Å². The van der Waals surface area contributed by atoms with Gasteiger partial charge in [-0.3, -0.25) is 4.98 Å². The third-order valence-electron chi connectivity index (χ3n) is 5.51. The Morgan fingerprint density at radius 1 is 0.633 bits per heavy atom. The highest BCUT2D eigenvalue weighted by Gasteiger charge is 2.09. The number of nitrogens with zero attached hydrogens (tertiary/aromatic N) is 1. The van der Waals surface area contributed by atoms with Crippen molar-refractivity contribution < 1.29 is 0 Å². The van der Waals surface area contributed by atoms with E-state index >= 15 is 0 Å². The summed E-state index contributed by atoms with van der Waals surface area (Å²) in [4.78, 5) is 4.55. The molecular formula is C29H41N. The van der Waals surface area contributed by atoms with Crippen molar-refractivity contribution in [3.05, 3.63) is 87.2 Å². The zero-order chi connectivity index (χ0) is 22.8. The molecule has 1 aromatic heterocycles. The molecule has 0 radical (unpaired) electrons. The summed E-state index contributed by atoms with van der Waals surface area (Å²) in [5, 5.41) is 0. The van der Waals surface area contributed by atoms with Gasteiger partial charge in [0.05, 0.1) is 0 Å². The van der Waals surface area contributed by atoms with Gasteiger partial charge in [0.2, 0.25) is 0 Å². The van der Waals surface area contributed by atoms with Crippen LogP contribution in [0.15, 0.2) is 42.5 Å². The predicted molar refractivity (Wildman–Crippen MR) is 135 cm³/mol. The fourth-order valence-corrected chi connectivity index (χ4v) is 3.54. The van der Waals surface area contributed by atoms with Gasteiger partial charge in [0.25, 0.3) is 0 Å². The van der Waals surface area contributed by atoms with E-state index in [9.17, 15) is 0 Å². The Hall–Kier alpha value is -2.41. The Morgan fingerprint density at radius 3 is 1.63 bits per heavy atom. The summed E-state index contributed by atoms with van der Waals surface area (Å²) in [6, 6.07) is 15.1. The molecule has 1 heterocycles.